The summed E-state index contributed by atoms with van der Waals surface area (Å²) in [5.41, 5.74) is 0.582. The van der Waals surface area contributed by atoms with E-state index in [2.05, 4.69) is 0 Å². The van der Waals surface area contributed by atoms with Crippen LogP contribution in [-0.2, 0) is 0 Å². The van der Waals surface area contributed by atoms with Crippen LogP contribution in [0.1, 0.15) is 10.4 Å². The van der Waals surface area contributed by atoms with Crippen molar-refractivity contribution < 1.29 is 13.6 Å². The van der Waals surface area contributed by atoms with Crippen LogP contribution in [0.4, 0.5) is 8.78 Å². The minimum atomic E-state index is -0.602. The molecule has 0 radical (unpaired) electrons. The predicted octanol–water partition coefficient (Wildman–Crippen LogP) is 3.44. The number of aldehydes is 1. The van der Waals surface area contributed by atoms with Crippen LogP contribution in [0, 0.1) is 11.6 Å². The van der Waals surface area contributed by atoms with Gasteiger partial charge in [0.2, 0.25) is 0 Å². The van der Waals surface area contributed by atoms with Crippen molar-refractivity contribution in [3.05, 3.63) is 59.7 Å². The fraction of sp³-hybridized carbons (Fsp3) is 0. The van der Waals surface area contributed by atoms with Crippen molar-refractivity contribution >= 4 is 6.29 Å². The summed E-state index contributed by atoms with van der Waals surface area (Å²) < 4.78 is 27.0. The Morgan fingerprint density at radius 1 is 0.875 bits per heavy atom. The van der Waals surface area contributed by atoms with E-state index in [-0.39, 0.29) is 16.7 Å². The van der Waals surface area contributed by atoms with Crippen LogP contribution in [0.3, 0.4) is 0 Å². The lowest BCUT2D eigenvalue weighted by atomic mass is 10.0. The maximum absolute atomic E-state index is 13.6. The Hall–Kier alpha value is -2.03. The minimum absolute atomic E-state index is 0.156. The molecule has 3 heteroatoms. The summed E-state index contributed by atoms with van der Waals surface area (Å²) in [6.07, 6.45) is 0.550. The molecular formula is C13H8F2O. The Kier molecular flexibility index (Phi) is 2.77. The van der Waals surface area contributed by atoms with Crippen molar-refractivity contribution in [2.24, 2.45) is 0 Å². The van der Waals surface area contributed by atoms with Gasteiger partial charge in [-0.1, -0.05) is 30.3 Å². The highest BCUT2D eigenvalue weighted by Crippen LogP contribution is 2.25. The molecule has 16 heavy (non-hydrogen) atoms. The molecule has 0 aromatic heterocycles. The second kappa shape index (κ2) is 4.23. The summed E-state index contributed by atoms with van der Waals surface area (Å²) in [7, 11) is 0. The maximum Gasteiger partial charge on any atom is 0.150 e. The molecule has 80 valence electrons. The zero-order chi connectivity index (χ0) is 11.5. The Morgan fingerprint density at radius 2 is 1.56 bits per heavy atom. The maximum atomic E-state index is 13.6. The van der Waals surface area contributed by atoms with Gasteiger partial charge in [0.25, 0.3) is 0 Å². The first-order chi connectivity index (χ1) is 7.72. The summed E-state index contributed by atoms with van der Waals surface area (Å²) in [6.45, 7) is 0. The van der Waals surface area contributed by atoms with E-state index < -0.39 is 11.6 Å². The molecular weight excluding hydrogens is 210 g/mol. The van der Waals surface area contributed by atoms with Crippen LogP contribution in [0.5, 0.6) is 0 Å². The smallest absolute Gasteiger partial charge is 0.150 e. The van der Waals surface area contributed by atoms with Gasteiger partial charge in [-0.05, 0) is 12.1 Å². The van der Waals surface area contributed by atoms with Gasteiger partial charge in [0.1, 0.15) is 17.9 Å². The molecule has 2 aromatic rings. The average Bonchev–Trinajstić information content (AvgIpc) is 2.30. The first-order valence-corrected chi connectivity index (χ1v) is 4.72. The van der Waals surface area contributed by atoms with Gasteiger partial charge in [-0.2, -0.15) is 0 Å². The third-order valence-electron chi connectivity index (χ3n) is 2.29. The lowest BCUT2D eigenvalue weighted by Crippen LogP contribution is -1.90. The highest BCUT2D eigenvalue weighted by atomic mass is 19.1. The van der Waals surface area contributed by atoms with E-state index in [0.717, 1.165) is 6.07 Å². The number of carbonyl (C=O) groups excluding carboxylic acids is 1. The lowest BCUT2D eigenvalue weighted by molar-refractivity contribution is 0.112. The molecule has 0 unspecified atom stereocenters. The Bertz CT molecular complexity index is 535. The monoisotopic (exact) mass is 218 g/mol. The molecule has 2 rings (SSSR count). The number of benzene rings is 2. The molecule has 1 nitrogen and oxygen atoms in total. The van der Waals surface area contributed by atoms with Crippen molar-refractivity contribution in [2.75, 3.05) is 0 Å². The predicted molar refractivity (Wildman–Crippen MR) is 57.2 cm³/mol. The highest BCUT2D eigenvalue weighted by Gasteiger charge is 2.09. The number of hydrogen-bond donors (Lipinski definition) is 0. The summed E-state index contributed by atoms with van der Waals surface area (Å²) in [5.74, 6) is -1.09. The van der Waals surface area contributed by atoms with Crippen LogP contribution in [0.2, 0.25) is 0 Å². The third kappa shape index (κ3) is 1.84. The van der Waals surface area contributed by atoms with E-state index in [1.807, 2.05) is 0 Å². The fourth-order valence-corrected chi connectivity index (χ4v) is 1.50. The topological polar surface area (TPSA) is 17.1 Å². The molecule has 0 N–H and O–H groups in total. The number of halogens is 2. The zero-order valence-corrected chi connectivity index (χ0v) is 8.28. The molecule has 0 saturated carbocycles. The van der Waals surface area contributed by atoms with Gasteiger partial charge >= 0.3 is 0 Å². The van der Waals surface area contributed by atoms with Crippen molar-refractivity contribution in [2.45, 2.75) is 0 Å². The van der Waals surface area contributed by atoms with E-state index in [9.17, 15) is 13.6 Å². The summed E-state index contributed by atoms with van der Waals surface area (Å²) in [5, 5.41) is 0. The van der Waals surface area contributed by atoms with Crippen LogP contribution in [-0.4, -0.2) is 6.29 Å². The Morgan fingerprint density at radius 3 is 2.19 bits per heavy atom. The first-order valence-electron chi connectivity index (χ1n) is 4.72. The van der Waals surface area contributed by atoms with Gasteiger partial charge < -0.3 is 0 Å². The van der Waals surface area contributed by atoms with E-state index in [1.54, 1.807) is 6.07 Å². The average molecular weight is 218 g/mol. The number of carbonyl (C=O) groups is 1. The second-order valence-corrected chi connectivity index (χ2v) is 3.34. The summed E-state index contributed by atoms with van der Waals surface area (Å²) >= 11 is 0. The van der Waals surface area contributed by atoms with E-state index in [0.29, 0.717) is 6.29 Å². The van der Waals surface area contributed by atoms with Gasteiger partial charge in [-0.25, -0.2) is 8.78 Å². The standard InChI is InChI=1S/C13H8F2O/c14-12-4-2-1-3-10(12)11-6-5-9(8-16)7-13(11)15/h1-8H. The van der Waals surface area contributed by atoms with E-state index in [4.69, 9.17) is 0 Å². The Balaban J connectivity index is 2.57. The second-order valence-electron chi connectivity index (χ2n) is 3.34. The first kappa shape index (κ1) is 10.5. The van der Waals surface area contributed by atoms with Gasteiger partial charge in [0, 0.05) is 16.7 Å². The fourth-order valence-electron chi connectivity index (χ4n) is 1.50. The van der Waals surface area contributed by atoms with Crippen molar-refractivity contribution in [1.82, 2.24) is 0 Å². The molecule has 0 amide bonds. The molecule has 0 bridgehead atoms. The highest BCUT2D eigenvalue weighted by molar-refractivity contribution is 5.77. The normalized spacial score (nSPS) is 10.1. The molecule has 0 aliphatic rings. The van der Waals surface area contributed by atoms with Crippen molar-refractivity contribution in [1.29, 1.82) is 0 Å². The van der Waals surface area contributed by atoms with Gasteiger partial charge in [-0.15, -0.1) is 0 Å². The molecule has 2 aromatic carbocycles. The van der Waals surface area contributed by atoms with Crippen LogP contribution in [0.15, 0.2) is 42.5 Å². The third-order valence-corrected chi connectivity index (χ3v) is 2.29. The van der Waals surface area contributed by atoms with Crippen LogP contribution in [0.25, 0.3) is 11.1 Å². The molecule has 0 saturated heterocycles. The summed E-state index contributed by atoms with van der Waals surface area (Å²) in [4.78, 5) is 10.4. The van der Waals surface area contributed by atoms with Crippen LogP contribution < -0.4 is 0 Å². The summed E-state index contributed by atoms with van der Waals surface area (Å²) in [6, 6.07) is 9.88. The quantitative estimate of drug-likeness (QED) is 0.705. The van der Waals surface area contributed by atoms with Gasteiger partial charge in [-0.3, -0.25) is 4.79 Å². The largest absolute Gasteiger partial charge is 0.298 e. The van der Waals surface area contributed by atoms with Crippen molar-refractivity contribution in [3.63, 3.8) is 0 Å². The van der Waals surface area contributed by atoms with E-state index >= 15 is 0 Å². The van der Waals surface area contributed by atoms with Crippen molar-refractivity contribution in [3.8, 4) is 11.1 Å². The van der Waals surface area contributed by atoms with Gasteiger partial charge in [0.05, 0.1) is 0 Å². The molecule has 0 aliphatic heterocycles. The molecule has 0 fully saturated rings. The SMILES string of the molecule is O=Cc1ccc(-c2ccccc2F)c(F)c1. The minimum Gasteiger partial charge on any atom is -0.298 e. The lowest BCUT2D eigenvalue weighted by Gasteiger charge is -2.04. The number of rotatable bonds is 2. The van der Waals surface area contributed by atoms with Crippen LogP contribution >= 0.6 is 0 Å². The van der Waals surface area contributed by atoms with Gasteiger partial charge in [0.15, 0.2) is 0 Å². The zero-order valence-electron chi connectivity index (χ0n) is 8.28. The number of hydrogen-bond acceptors (Lipinski definition) is 1. The molecule has 0 heterocycles. The Labute approximate surface area is 91.3 Å². The molecule has 0 aliphatic carbocycles. The van der Waals surface area contributed by atoms with E-state index in [1.165, 1.54) is 30.3 Å². The molecule has 0 atom stereocenters. The molecule has 0 spiro atoms.